The SMILES string of the molecule is CCC(NCc1ccccc1F)C(=O)NC(=O)c1ccc(-c2ccccc2)cc1-c1ccc(Cl)cc1Oc1cccc2c1CCN(C(=O)OC(C)(C)C)C2. The Balaban J connectivity index is 1.32. The van der Waals surface area contributed by atoms with Gasteiger partial charge in [0.25, 0.3) is 5.91 Å². The number of imide groups is 1. The maximum atomic E-state index is 14.3. The van der Waals surface area contributed by atoms with Crippen LogP contribution >= 0.6 is 11.6 Å². The lowest BCUT2D eigenvalue weighted by Gasteiger charge is -2.32. The minimum Gasteiger partial charge on any atom is -0.456 e. The van der Waals surface area contributed by atoms with Crippen LogP contribution in [0.4, 0.5) is 9.18 Å². The lowest BCUT2D eigenvalue weighted by Crippen LogP contribution is -2.45. The summed E-state index contributed by atoms with van der Waals surface area (Å²) >= 11 is 6.56. The fraction of sp³-hybridized carbons (Fsp3) is 0.250. The predicted molar refractivity (Wildman–Crippen MR) is 209 cm³/mol. The van der Waals surface area contributed by atoms with Gasteiger partial charge < -0.3 is 19.7 Å². The second-order valence-electron chi connectivity index (χ2n) is 14.2. The highest BCUT2D eigenvalue weighted by atomic mass is 35.5. The van der Waals surface area contributed by atoms with Gasteiger partial charge in [-0.2, -0.15) is 0 Å². The number of rotatable bonds is 10. The van der Waals surface area contributed by atoms with Crippen molar-refractivity contribution in [3.63, 3.8) is 0 Å². The van der Waals surface area contributed by atoms with Gasteiger partial charge in [-0.3, -0.25) is 14.9 Å². The zero-order chi connectivity index (χ0) is 38.4. The molecule has 1 aliphatic rings. The molecule has 6 rings (SSSR count). The Morgan fingerprint density at radius 1 is 0.852 bits per heavy atom. The summed E-state index contributed by atoms with van der Waals surface area (Å²) in [5.74, 6) is -0.484. The monoisotopic (exact) mass is 747 g/mol. The fourth-order valence-electron chi connectivity index (χ4n) is 6.41. The van der Waals surface area contributed by atoms with E-state index in [9.17, 15) is 18.8 Å². The smallest absolute Gasteiger partial charge is 0.410 e. The molecular formula is C44H43ClFN3O5. The summed E-state index contributed by atoms with van der Waals surface area (Å²) in [5.41, 5.74) is 4.87. The number of hydrogen-bond donors (Lipinski definition) is 2. The first kappa shape index (κ1) is 38.2. The molecule has 1 atom stereocenters. The Labute approximate surface area is 320 Å². The van der Waals surface area contributed by atoms with E-state index >= 15 is 0 Å². The van der Waals surface area contributed by atoms with Crippen LogP contribution in [0, 0.1) is 5.82 Å². The van der Waals surface area contributed by atoms with Crippen LogP contribution in [0.15, 0.2) is 109 Å². The average molecular weight is 748 g/mol. The zero-order valence-electron chi connectivity index (χ0n) is 30.7. The fourth-order valence-corrected chi connectivity index (χ4v) is 6.57. The van der Waals surface area contributed by atoms with Gasteiger partial charge in [0.2, 0.25) is 5.91 Å². The molecule has 8 nitrogen and oxygen atoms in total. The Morgan fingerprint density at radius 2 is 1.61 bits per heavy atom. The molecule has 278 valence electrons. The molecular weight excluding hydrogens is 705 g/mol. The molecule has 0 spiro atoms. The highest BCUT2D eigenvalue weighted by molar-refractivity contribution is 6.30. The van der Waals surface area contributed by atoms with Crippen molar-refractivity contribution in [2.24, 2.45) is 0 Å². The second-order valence-corrected chi connectivity index (χ2v) is 14.6. The van der Waals surface area contributed by atoms with E-state index in [0.29, 0.717) is 59.1 Å². The van der Waals surface area contributed by atoms with Crippen LogP contribution < -0.4 is 15.4 Å². The minimum atomic E-state index is -0.745. The van der Waals surface area contributed by atoms with Crippen molar-refractivity contribution in [3.8, 4) is 33.8 Å². The van der Waals surface area contributed by atoms with Gasteiger partial charge in [-0.05, 0) is 92.3 Å². The van der Waals surface area contributed by atoms with E-state index in [1.165, 1.54) is 6.07 Å². The first-order chi connectivity index (χ1) is 25.9. The van der Waals surface area contributed by atoms with E-state index in [1.807, 2.05) is 88.4 Å². The summed E-state index contributed by atoms with van der Waals surface area (Å²) in [7, 11) is 0. The van der Waals surface area contributed by atoms with Gasteiger partial charge >= 0.3 is 6.09 Å². The second kappa shape index (κ2) is 16.7. The van der Waals surface area contributed by atoms with E-state index in [0.717, 1.165) is 22.3 Å². The maximum absolute atomic E-state index is 14.3. The maximum Gasteiger partial charge on any atom is 0.410 e. The van der Waals surface area contributed by atoms with Crippen LogP contribution in [-0.4, -0.2) is 41.0 Å². The molecule has 0 saturated heterocycles. The van der Waals surface area contributed by atoms with Crippen molar-refractivity contribution in [1.29, 1.82) is 0 Å². The summed E-state index contributed by atoms with van der Waals surface area (Å²) in [6.45, 7) is 8.29. The Hall–Kier alpha value is -5.51. The lowest BCUT2D eigenvalue weighted by molar-refractivity contribution is -0.122. The van der Waals surface area contributed by atoms with Crippen molar-refractivity contribution in [3.05, 3.63) is 142 Å². The molecule has 1 heterocycles. The highest BCUT2D eigenvalue weighted by Crippen LogP contribution is 2.41. The molecule has 1 unspecified atom stereocenters. The van der Waals surface area contributed by atoms with Gasteiger partial charge in [0.15, 0.2) is 0 Å². The van der Waals surface area contributed by atoms with E-state index in [4.69, 9.17) is 21.1 Å². The summed E-state index contributed by atoms with van der Waals surface area (Å²) in [6, 6.07) is 31.7. The number of halogens is 2. The molecule has 5 aromatic rings. The Morgan fingerprint density at radius 3 is 2.35 bits per heavy atom. The first-order valence-electron chi connectivity index (χ1n) is 18.0. The van der Waals surface area contributed by atoms with E-state index in [1.54, 1.807) is 47.4 Å². The molecule has 10 heteroatoms. The standard InChI is InChI=1S/C44H43ClFN3O5/c1-5-38(47-26-30-14-9-10-16-37(30)46)42(51)48-41(50)35-20-18-29(28-12-7-6-8-13-28)24-36(35)34-21-19-32(45)25-40(34)53-39-17-11-15-31-27-49(23-22-33(31)39)43(52)54-44(2,3)4/h6-21,24-25,38,47H,5,22-23,26-27H2,1-4H3,(H,48,50,51). The summed E-state index contributed by atoms with van der Waals surface area (Å²) in [4.78, 5) is 42.0. The van der Waals surface area contributed by atoms with E-state index in [2.05, 4.69) is 10.6 Å². The molecule has 0 fully saturated rings. The number of ether oxygens (including phenoxy) is 2. The van der Waals surface area contributed by atoms with E-state index in [-0.39, 0.29) is 24.0 Å². The van der Waals surface area contributed by atoms with Crippen LogP contribution in [0.2, 0.25) is 5.02 Å². The summed E-state index contributed by atoms with van der Waals surface area (Å²) < 4.78 is 26.6. The molecule has 0 bridgehead atoms. The molecule has 5 aromatic carbocycles. The third kappa shape index (κ3) is 9.16. The van der Waals surface area contributed by atoms with Crippen molar-refractivity contribution in [2.45, 2.75) is 65.3 Å². The average Bonchev–Trinajstić information content (AvgIpc) is 3.15. The predicted octanol–water partition coefficient (Wildman–Crippen LogP) is 9.72. The third-order valence-corrected chi connectivity index (χ3v) is 9.39. The lowest BCUT2D eigenvalue weighted by atomic mass is 9.93. The van der Waals surface area contributed by atoms with Gasteiger partial charge in [0.05, 0.1) is 6.04 Å². The minimum absolute atomic E-state index is 0.123. The number of carbonyl (C=O) groups excluding carboxylic acids is 3. The van der Waals surface area contributed by atoms with Crippen molar-refractivity contribution in [1.82, 2.24) is 15.5 Å². The number of benzene rings is 5. The van der Waals surface area contributed by atoms with Crippen molar-refractivity contribution in [2.75, 3.05) is 6.54 Å². The Kier molecular flexibility index (Phi) is 11.8. The van der Waals surface area contributed by atoms with Crippen LogP contribution in [0.3, 0.4) is 0 Å². The normalized spacial score (nSPS) is 13.1. The van der Waals surface area contributed by atoms with Crippen molar-refractivity contribution >= 4 is 29.5 Å². The molecule has 0 radical (unpaired) electrons. The number of nitrogens with one attached hydrogen (secondary N) is 2. The zero-order valence-corrected chi connectivity index (χ0v) is 31.5. The molecule has 0 aromatic heterocycles. The number of nitrogens with zero attached hydrogens (tertiary/aromatic N) is 1. The third-order valence-electron chi connectivity index (χ3n) is 9.16. The van der Waals surface area contributed by atoms with Gasteiger partial charge in [-0.15, -0.1) is 0 Å². The molecule has 2 N–H and O–H groups in total. The largest absolute Gasteiger partial charge is 0.456 e. The molecule has 0 aliphatic carbocycles. The van der Waals surface area contributed by atoms with Crippen LogP contribution in [0.5, 0.6) is 11.5 Å². The number of fused-ring (bicyclic) bond motifs is 1. The van der Waals surface area contributed by atoms with Crippen molar-refractivity contribution < 1.29 is 28.2 Å². The van der Waals surface area contributed by atoms with Crippen LogP contribution in [-0.2, 0) is 29.0 Å². The topological polar surface area (TPSA) is 97.0 Å². The quantitative estimate of drug-likeness (QED) is 0.148. The summed E-state index contributed by atoms with van der Waals surface area (Å²) in [5, 5.41) is 6.08. The molecule has 1 aliphatic heterocycles. The van der Waals surface area contributed by atoms with Gasteiger partial charge in [0, 0.05) is 53.0 Å². The summed E-state index contributed by atoms with van der Waals surface area (Å²) in [6.07, 6.45) is 0.549. The number of amides is 3. The number of hydrogen-bond acceptors (Lipinski definition) is 6. The Bertz CT molecular complexity index is 2170. The van der Waals surface area contributed by atoms with Gasteiger partial charge in [0.1, 0.15) is 22.9 Å². The van der Waals surface area contributed by atoms with Gasteiger partial charge in [-0.25, -0.2) is 9.18 Å². The highest BCUT2D eigenvalue weighted by Gasteiger charge is 2.28. The van der Waals surface area contributed by atoms with E-state index < -0.39 is 23.5 Å². The number of carbonyl (C=O) groups is 3. The molecule has 3 amide bonds. The van der Waals surface area contributed by atoms with Crippen LogP contribution in [0.25, 0.3) is 22.3 Å². The molecule has 0 saturated carbocycles. The van der Waals surface area contributed by atoms with Crippen LogP contribution in [0.1, 0.15) is 61.2 Å². The molecule has 54 heavy (non-hydrogen) atoms. The van der Waals surface area contributed by atoms with Gasteiger partial charge in [-0.1, -0.05) is 85.3 Å². The first-order valence-corrected chi connectivity index (χ1v) is 18.4.